The Balaban J connectivity index is 2.58. The van der Waals surface area contributed by atoms with Crippen LogP contribution >= 0.6 is 0 Å². The highest BCUT2D eigenvalue weighted by atomic mass is 16.3. The Labute approximate surface area is 127 Å². The average Bonchev–Trinajstić information content (AvgIpc) is 2.52. The molecule has 2 rings (SSSR count). The first-order valence-corrected chi connectivity index (χ1v) is 6.51. The molecule has 0 aromatic heterocycles. The molecule has 1 unspecified atom stereocenters. The van der Waals surface area contributed by atoms with Gasteiger partial charge in [-0.1, -0.05) is 36.4 Å². The molecule has 1 amide bonds. The van der Waals surface area contributed by atoms with Gasteiger partial charge in [0.25, 0.3) is 5.91 Å². The number of nitrogens with zero attached hydrogens (tertiary/aromatic N) is 1. The summed E-state index contributed by atoms with van der Waals surface area (Å²) in [5.74, 6) is -1.78. The quantitative estimate of drug-likeness (QED) is 0.456. The fourth-order valence-electron chi connectivity index (χ4n) is 2.12. The first kappa shape index (κ1) is 15.1. The Bertz CT molecular complexity index is 761. The van der Waals surface area contributed by atoms with E-state index in [1.54, 1.807) is 12.1 Å². The maximum Gasteiger partial charge on any atom is 0.259 e. The van der Waals surface area contributed by atoms with Gasteiger partial charge in [-0.05, 0) is 29.3 Å². The zero-order chi connectivity index (χ0) is 16.1. The molecule has 22 heavy (non-hydrogen) atoms. The van der Waals surface area contributed by atoms with Crippen LogP contribution in [0.15, 0.2) is 60.2 Å². The molecular formula is C17H14N2O3. The van der Waals surface area contributed by atoms with Gasteiger partial charge < -0.3 is 15.9 Å². The van der Waals surface area contributed by atoms with Crippen LogP contribution < -0.4 is 5.73 Å². The minimum atomic E-state index is -0.813. The number of phenolic OH excluding ortho intramolecular Hbond substituents is 2. The van der Waals surface area contributed by atoms with Gasteiger partial charge in [0, 0.05) is 5.92 Å². The van der Waals surface area contributed by atoms with Crippen LogP contribution in [-0.4, -0.2) is 16.1 Å². The Kier molecular flexibility index (Phi) is 4.44. The number of amides is 1. The third kappa shape index (κ3) is 3.25. The van der Waals surface area contributed by atoms with Gasteiger partial charge in [0.2, 0.25) is 0 Å². The molecule has 0 radical (unpaired) electrons. The van der Waals surface area contributed by atoms with Crippen molar-refractivity contribution in [3.63, 3.8) is 0 Å². The van der Waals surface area contributed by atoms with Crippen LogP contribution in [0.4, 0.5) is 0 Å². The summed E-state index contributed by atoms with van der Waals surface area (Å²) in [6, 6.07) is 15.3. The summed E-state index contributed by atoms with van der Waals surface area (Å²) >= 11 is 0. The van der Waals surface area contributed by atoms with Gasteiger partial charge in [-0.15, -0.1) is 0 Å². The van der Waals surface area contributed by atoms with Gasteiger partial charge in [0.05, 0.1) is 0 Å². The molecule has 5 nitrogen and oxygen atoms in total. The molecule has 0 aliphatic rings. The fourth-order valence-corrected chi connectivity index (χ4v) is 2.12. The minimum Gasteiger partial charge on any atom is -0.504 e. The maximum absolute atomic E-state index is 11.3. The number of nitrogens with two attached hydrogens (primary N) is 1. The zero-order valence-corrected chi connectivity index (χ0v) is 11.6. The Morgan fingerprint density at radius 2 is 1.77 bits per heavy atom. The number of allylic oxidation sites excluding steroid dienone is 1. The predicted molar refractivity (Wildman–Crippen MR) is 80.9 cm³/mol. The van der Waals surface area contributed by atoms with Gasteiger partial charge in [-0.3, -0.25) is 4.79 Å². The van der Waals surface area contributed by atoms with E-state index in [-0.39, 0.29) is 17.1 Å². The lowest BCUT2D eigenvalue weighted by Crippen LogP contribution is -2.14. The molecule has 0 aliphatic heterocycles. The van der Waals surface area contributed by atoms with E-state index in [9.17, 15) is 15.0 Å². The Hall–Kier alpha value is -3.26. The summed E-state index contributed by atoms with van der Waals surface area (Å²) in [6.45, 7) is 0. The number of carbonyl (C=O) groups is 1. The monoisotopic (exact) mass is 294 g/mol. The van der Waals surface area contributed by atoms with Gasteiger partial charge in [0.15, 0.2) is 11.5 Å². The average molecular weight is 294 g/mol. The van der Waals surface area contributed by atoms with E-state index < -0.39 is 11.8 Å². The largest absolute Gasteiger partial charge is 0.504 e. The van der Waals surface area contributed by atoms with Gasteiger partial charge >= 0.3 is 0 Å². The van der Waals surface area contributed by atoms with Crippen molar-refractivity contribution >= 4 is 5.91 Å². The number of primary amides is 1. The number of hydrogen-bond donors (Lipinski definition) is 3. The van der Waals surface area contributed by atoms with E-state index in [1.165, 1.54) is 18.2 Å². The van der Waals surface area contributed by atoms with Crippen molar-refractivity contribution in [2.45, 2.75) is 5.92 Å². The van der Waals surface area contributed by atoms with Crippen molar-refractivity contribution in [1.82, 2.24) is 0 Å². The lowest BCUT2D eigenvalue weighted by atomic mass is 9.89. The normalized spacial score (nSPS) is 12.4. The maximum atomic E-state index is 11.3. The first-order valence-electron chi connectivity index (χ1n) is 6.51. The zero-order valence-electron chi connectivity index (χ0n) is 11.6. The van der Waals surface area contributed by atoms with Crippen molar-refractivity contribution in [2.75, 3.05) is 0 Å². The summed E-state index contributed by atoms with van der Waals surface area (Å²) in [6.07, 6.45) is 1.45. The van der Waals surface area contributed by atoms with Crippen molar-refractivity contribution < 1.29 is 15.0 Å². The number of hydrogen-bond acceptors (Lipinski definition) is 4. The summed E-state index contributed by atoms with van der Waals surface area (Å²) in [7, 11) is 0. The number of aromatic hydroxyl groups is 2. The third-order valence-corrected chi connectivity index (χ3v) is 3.24. The van der Waals surface area contributed by atoms with Gasteiger partial charge in [-0.25, -0.2) is 0 Å². The number of benzene rings is 2. The highest BCUT2D eigenvalue weighted by molar-refractivity contribution is 5.96. The molecule has 5 heteroatoms. The van der Waals surface area contributed by atoms with Crippen LogP contribution in [0.3, 0.4) is 0 Å². The summed E-state index contributed by atoms with van der Waals surface area (Å²) in [5.41, 5.74) is 6.46. The summed E-state index contributed by atoms with van der Waals surface area (Å²) in [4.78, 5) is 11.3. The number of carbonyl (C=O) groups excluding carboxylic acids is 1. The molecule has 110 valence electrons. The van der Waals surface area contributed by atoms with Crippen molar-refractivity contribution in [1.29, 1.82) is 5.26 Å². The lowest BCUT2D eigenvalue weighted by Gasteiger charge is -2.15. The lowest BCUT2D eigenvalue weighted by molar-refractivity contribution is -0.114. The van der Waals surface area contributed by atoms with Crippen molar-refractivity contribution in [2.24, 2.45) is 5.73 Å². The molecule has 0 heterocycles. The van der Waals surface area contributed by atoms with Crippen molar-refractivity contribution in [3.05, 3.63) is 71.3 Å². The molecule has 2 aromatic carbocycles. The van der Waals surface area contributed by atoms with Crippen molar-refractivity contribution in [3.8, 4) is 17.6 Å². The number of phenols is 2. The van der Waals surface area contributed by atoms with Gasteiger partial charge in [0.1, 0.15) is 11.6 Å². The van der Waals surface area contributed by atoms with Crippen LogP contribution in [0.2, 0.25) is 0 Å². The SMILES string of the molecule is N#CC(=CC(c1ccccc1)c1ccc(O)c(O)c1)C(N)=O. The molecule has 4 N–H and O–H groups in total. The second-order valence-electron chi connectivity index (χ2n) is 4.69. The molecule has 0 bridgehead atoms. The van der Waals surface area contributed by atoms with Crippen LogP contribution in [0.5, 0.6) is 11.5 Å². The molecular weight excluding hydrogens is 280 g/mol. The van der Waals surface area contributed by atoms with Crippen LogP contribution in [0, 0.1) is 11.3 Å². The molecule has 0 spiro atoms. The van der Waals surface area contributed by atoms with Gasteiger partial charge in [-0.2, -0.15) is 5.26 Å². The highest BCUT2D eigenvalue weighted by Crippen LogP contribution is 2.33. The molecule has 0 fully saturated rings. The predicted octanol–water partition coefficient (Wildman–Crippen LogP) is 2.16. The van der Waals surface area contributed by atoms with E-state index in [0.717, 1.165) is 5.56 Å². The van der Waals surface area contributed by atoms with E-state index in [0.29, 0.717) is 5.56 Å². The number of nitriles is 1. The third-order valence-electron chi connectivity index (χ3n) is 3.24. The highest BCUT2D eigenvalue weighted by Gasteiger charge is 2.16. The van der Waals surface area contributed by atoms with E-state index in [1.807, 2.05) is 30.3 Å². The number of rotatable bonds is 4. The molecule has 1 atom stereocenters. The molecule has 0 saturated heterocycles. The second-order valence-corrected chi connectivity index (χ2v) is 4.69. The molecule has 0 aliphatic carbocycles. The van der Waals surface area contributed by atoms with E-state index in [4.69, 9.17) is 11.0 Å². The van der Waals surface area contributed by atoms with E-state index >= 15 is 0 Å². The standard InChI is InChI=1S/C17H14N2O3/c18-10-13(17(19)22)8-14(11-4-2-1-3-5-11)12-6-7-15(20)16(21)9-12/h1-9,14,20-21H,(H2,19,22). The Morgan fingerprint density at radius 1 is 1.09 bits per heavy atom. The first-order chi connectivity index (χ1) is 10.5. The summed E-state index contributed by atoms with van der Waals surface area (Å²) < 4.78 is 0. The summed E-state index contributed by atoms with van der Waals surface area (Å²) in [5, 5.41) is 28.1. The van der Waals surface area contributed by atoms with Crippen LogP contribution in [-0.2, 0) is 4.79 Å². The second kappa shape index (κ2) is 6.46. The fraction of sp³-hybridized carbons (Fsp3) is 0.0588. The molecule has 2 aromatic rings. The van der Waals surface area contributed by atoms with E-state index in [2.05, 4.69) is 0 Å². The minimum absolute atomic E-state index is 0.165. The smallest absolute Gasteiger partial charge is 0.259 e. The Morgan fingerprint density at radius 3 is 2.32 bits per heavy atom. The van der Waals surface area contributed by atoms with Crippen LogP contribution in [0.1, 0.15) is 17.0 Å². The topological polar surface area (TPSA) is 107 Å². The molecule has 0 saturated carbocycles. The van der Waals surface area contributed by atoms with Crippen LogP contribution in [0.25, 0.3) is 0 Å².